The van der Waals surface area contributed by atoms with E-state index in [4.69, 9.17) is 0 Å². The Morgan fingerprint density at radius 3 is 0.300 bits per heavy atom. The maximum Gasteiger partial charge on any atom is 2.00 e. The van der Waals surface area contributed by atoms with Gasteiger partial charge in [0.05, 0.1) is 78.5 Å². The van der Waals surface area contributed by atoms with Crippen LogP contribution in [0.5, 0.6) is 0 Å². The van der Waals surface area contributed by atoms with Crippen LogP contribution in [0.2, 0.25) is 0 Å². The molecular formula is C60H72B4Cu2F16N28. The smallest absolute Gasteiger partial charge is 0.418 e. The van der Waals surface area contributed by atoms with Crippen LogP contribution in [0.1, 0.15) is 68.3 Å². The molecule has 0 spiro atoms. The molecule has 6 aromatic heterocycles. The summed E-state index contributed by atoms with van der Waals surface area (Å²) in [6.07, 6.45) is 21.0. The molecule has 0 atom stereocenters. The summed E-state index contributed by atoms with van der Waals surface area (Å²) in [6, 6.07) is 22.8. The van der Waals surface area contributed by atoms with Crippen molar-refractivity contribution in [3.63, 3.8) is 0 Å². The van der Waals surface area contributed by atoms with E-state index in [0.29, 0.717) is 147 Å². The zero-order chi connectivity index (χ0) is 78.1. The minimum Gasteiger partial charge on any atom is -0.418 e. The van der Waals surface area contributed by atoms with Gasteiger partial charge in [0, 0.05) is 153 Å². The molecule has 110 heavy (non-hydrogen) atoms. The Kier molecular flexibility index (Phi) is 46.0. The normalized spacial score (nSPS) is 18.5. The zero-order valence-corrected chi connectivity index (χ0v) is 60.2. The van der Waals surface area contributed by atoms with E-state index >= 15 is 0 Å². The van der Waals surface area contributed by atoms with Crippen molar-refractivity contribution < 1.29 is 103 Å². The minimum atomic E-state index is -6.00. The summed E-state index contributed by atoms with van der Waals surface area (Å²) >= 11 is 0. The molecule has 16 bridgehead atoms. The number of rotatable bonds is 0. The van der Waals surface area contributed by atoms with Crippen LogP contribution in [0.3, 0.4) is 0 Å². The second-order valence-corrected chi connectivity index (χ2v) is 22.1. The Labute approximate surface area is 642 Å². The van der Waals surface area contributed by atoms with Crippen LogP contribution >= 0.6 is 0 Å². The third-order valence-corrected chi connectivity index (χ3v) is 13.5. The number of aliphatic imine (C=N–C) groups is 12. The molecule has 28 nitrogen and oxygen atoms in total. The van der Waals surface area contributed by atoms with Crippen molar-refractivity contribution in [3.8, 4) is 0 Å². The SMILES string of the molecule is C1=NCCN2CCN=Cc3ccc(nn3)C=NCCN(CCN=Cc3ccc1nn3)CCN=Cc1ccc(nn1)C=NCC2.C1=NCCN2CCN=Cc3ccc(nn3)C=NCCN(CCN=Cc3ccc1nn3)CCN=Cc1ccc(nn1)C=NCC2.F[B-](F)(F)F.F[B-](F)(F)F.F[B-](F)(F)F.F[B-](F)(F)F.[Cu+2].[Cu+2]. The molecule has 30 heterocycles. The fourth-order valence-electron chi connectivity index (χ4n) is 8.57. The molecular weight excluding hydrogens is 1590 g/mol. The van der Waals surface area contributed by atoms with Gasteiger partial charge in [0.2, 0.25) is 0 Å². The summed E-state index contributed by atoms with van der Waals surface area (Å²) in [5.41, 5.74) is 8.47. The third-order valence-electron chi connectivity index (χ3n) is 13.5. The number of aromatic nitrogens is 12. The fourth-order valence-corrected chi connectivity index (χ4v) is 8.57. The van der Waals surface area contributed by atoms with E-state index in [1.54, 1.807) is 74.6 Å². The Balaban J connectivity index is 0.000000450. The fraction of sp³-hybridized carbons (Fsp3) is 0.400. The van der Waals surface area contributed by atoms with Gasteiger partial charge < -0.3 is 69.1 Å². The van der Waals surface area contributed by atoms with Gasteiger partial charge in [0.15, 0.2) is 0 Å². The van der Waals surface area contributed by atoms with E-state index in [1.807, 2.05) is 72.8 Å². The first-order valence-corrected chi connectivity index (χ1v) is 33.0. The second kappa shape index (κ2) is 53.4. The molecule has 0 aromatic carbocycles. The van der Waals surface area contributed by atoms with Crippen LogP contribution < -0.4 is 0 Å². The quantitative estimate of drug-likeness (QED) is 0.117. The van der Waals surface area contributed by atoms with E-state index in [-0.39, 0.29) is 34.1 Å². The standard InChI is InChI=1S/2C30H36N14.4BF4.2Cu/c2*1-2-26-20-32-8-14-44-17-11-35-23-29-5-3-27(39-41-29)21-33-9-15-43(13-7-31-19-25(1)37-38-26)16-10-34-22-28-4-6-30(42-40-28)24-36-12-18-44;4*2-1(3,4)5;;/h2*1-6,19-24H,7-18H2;;;;;;/q;;4*-1;2*+2. The molecule has 0 saturated heterocycles. The van der Waals surface area contributed by atoms with Crippen molar-refractivity contribution in [2.75, 3.05) is 157 Å². The average molecular weight is 1660 g/mol. The van der Waals surface area contributed by atoms with Gasteiger partial charge in [0.25, 0.3) is 0 Å². The number of halogens is 16. The maximum absolute atomic E-state index is 9.75. The first kappa shape index (κ1) is 94.7. The van der Waals surface area contributed by atoms with E-state index in [2.05, 4.69) is 141 Å². The zero-order valence-electron chi connectivity index (χ0n) is 58.3. The number of hydrogen-bond acceptors (Lipinski definition) is 28. The molecule has 0 fully saturated rings. The van der Waals surface area contributed by atoms with Crippen LogP contribution in [0.4, 0.5) is 69.1 Å². The predicted molar refractivity (Wildman–Crippen MR) is 388 cm³/mol. The summed E-state index contributed by atoms with van der Waals surface area (Å²) in [4.78, 5) is 64.0. The van der Waals surface area contributed by atoms with Crippen molar-refractivity contribution in [1.82, 2.24) is 80.8 Å². The van der Waals surface area contributed by atoms with Crippen LogP contribution in [0.15, 0.2) is 133 Å². The molecule has 0 amide bonds. The summed E-state index contributed by atoms with van der Waals surface area (Å²) < 4.78 is 156. The molecule has 2 radical (unpaired) electrons. The van der Waals surface area contributed by atoms with Gasteiger partial charge in [0.1, 0.15) is 68.3 Å². The molecule has 0 N–H and O–H groups in total. The second-order valence-electron chi connectivity index (χ2n) is 22.1. The molecule has 0 saturated carbocycles. The van der Waals surface area contributed by atoms with Gasteiger partial charge in [-0.3, -0.25) is 79.5 Å². The average Bonchev–Trinajstić information content (AvgIpc) is 0.929. The first-order chi connectivity index (χ1) is 51.6. The summed E-state index contributed by atoms with van der Waals surface area (Å²) in [5.74, 6) is 0. The molecule has 24 aliphatic heterocycles. The van der Waals surface area contributed by atoms with Crippen LogP contribution in [-0.2, 0) is 34.1 Å². The molecule has 0 unspecified atom stereocenters. The van der Waals surface area contributed by atoms with Crippen LogP contribution in [0.25, 0.3) is 0 Å². The van der Waals surface area contributed by atoms with Crippen molar-refractivity contribution in [2.45, 2.75) is 0 Å². The monoisotopic (exact) mass is 1660 g/mol. The van der Waals surface area contributed by atoms with E-state index in [0.717, 1.165) is 78.5 Å². The van der Waals surface area contributed by atoms with Crippen molar-refractivity contribution in [2.24, 2.45) is 59.9 Å². The Morgan fingerprint density at radius 1 is 0.164 bits per heavy atom. The van der Waals surface area contributed by atoms with Gasteiger partial charge in [-0.05, 0) is 72.8 Å². The third kappa shape index (κ3) is 51.8. The van der Waals surface area contributed by atoms with E-state index < -0.39 is 29.0 Å². The Hall–Kier alpha value is -9.46. The maximum atomic E-state index is 9.75. The summed E-state index contributed by atoms with van der Waals surface area (Å²) in [7, 11) is -24.0. The molecule has 598 valence electrons. The van der Waals surface area contributed by atoms with Crippen LogP contribution in [0, 0.1) is 0 Å². The number of hydrogen-bond donors (Lipinski definition) is 0. The first-order valence-electron chi connectivity index (χ1n) is 33.0. The van der Waals surface area contributed by atoms with E-state index in [1.165, 1.54) is 0 Å². The molecule has 0 aliphatic carbocycles. The minimum absolute atomic E-state index is 0. The van der Waals surface area contributed by atoms with Gasteiger partial charge in [-0.15, -0.1) is 61.2 Å². The molecule has 24 aliphatic rings. The van der Waals surface area contributed by atoms with Gasteiger partial charge in [-0.2, -0.15) is 0 Å². The Morgan fingerprint density at radius 2 is 0.236 bits per heavy atom. The van der Waals surface area contributed by atoms with Gasteiger partial charge >= 0.3 is 63.2 Å². The predicted octanol–water partition coefficient (Wildman–Crippen LogP) is 6.40. The van der Waals surface area contributed by atoms with Gasteiger partial charge in [-0.1, -0.05) is 0 Å². The Bertz CT molecular complexity index is 3010. The molecule has 30 rings (SSSR count). The number of nitrogens with zero attached hydrogens (tertiary/aromatic N) is 28. The van der Waals surface area contributed by atoms with Gasteiger partial charge in [-0.25, -0.2) is 0 Å². The molecule has 50 heteroatoms. The topological polar surface area (TPSA) is 316 Å². The van der Waals surface area contributed by atoms with Crippen molar-refractivity contribution >= 4 is 104 Å². The largest absolute Gasteiger partial charge is 2.00 e. The van der Waals surface area contributed by atoms with E-state index in [9.17, 15) is 69.1 Å². The molecule has 6 aromatic rings. The summed E-state index contributed by atoms with van der Waals surface area (Å²) in [6.45, 7) is 16.3. The van der Waals surface area contributed by atoms with Crippen molar-refractivity contribution in [3.05, 3.63) is 141 Å². The van der Waals surface area contributed by atoms with Crippen molar-refractivity contribution in [1.29, 1.82) is 0 Å². The summed E-state index contributed by atoms with van der Waals surface area (Å²) in [5, 5.41) is 51.3. The van der Waals surface area contributed by atoms with Crippen LogP contribution in [-0.4, -0.2) is 341 Å².